The van der Waals surface area contributed by atoms with Gasteiger partial charge in [0.15, 0.2) is 0 Å². The monoisotopic (exact) mass is 413 g/mol. The van der Waals surface area contributed by atoms with Gasteiger partial charge in [-0.1, -0.05) is 53.5 Å². The van der Waals surface area contributed by atoms with Crippen LogP contribution in [0.15, 0.2) is 66.7 Å². The molecule has 5 heteroatoms. The fourth-order valence-electron chi connectivity index (χ4n) is 3.04. The lowest BCUT2D eigenvalue weighted by Crippen LogP contribution is -2.02. The maximum atomic E-state index is 11.3. The lowest BCUT2D eigenvalue weighted by molar-refractivity contribution is 0.0698. The van der Waals surface area contributed by atoms with Gasteiger partial charge < -0.3 is 10.4 Å². The predicted molar refractivity (Wildman–Crippen MR) is 116 cm³/mol. The van der Waals surface area contributed by atoms with E-state index < -0.39 is 5.97 Å². The maximum absolute atomic E-state index is 11.3. The van der Waals surface area contributed by atoms with Crippen LogP contribution >= 0.6 is 23.2 Å². The highest BCUT2D eigenvalue weighted by Crippen LogP contribution is 2.24. The number of aryl methyl sites for hydroxylation is 2. The summed E-state index contributed by atoms with van der Waals surface area (Å²) in [5.41, 5.74) is 4.17. The van der Waals surface area contributed by atoms with Crippen molar-refractivity contribution in [1.29, 1.82) is 0 Å². The van der Waals surface area contributed by atoms with Crippen molar-refractivity contribution >= 4 is 40.5 Å². The van der Waals surface area contributed by atoms with Gasteiger partial charge >= 0.3 is 5.97 Å². The summed E-state index contributed by atoms with van der Waals surface area (Å²) in [5.74, 6) is -0.943. The number of carboxylic acids is 1. The zero-order valence-electron chi connectivity index (χ0n) is 15.3. The van der Waals surface area contributed by atoms with E-state index >= 15 is 0 Å². The predicted octanol–water partition coefficient (Wildman–Crippen LogP) is 7.00. The third kappa shape index (κ3) is 5.51. The first-order valence-corrected chi connectivity index (χ1v) is 9.91. The molecule has 3 aromatic rings. The van der Waals surface area contributed by atoms with E-state index in [2.05, 4.69) is 17.4 Å². The molecular weight excluding hydrogens is 393 g/mol. The van der Waals surface area contributed by atoms with Crippen molar-refractivity contribution in [3.63, 3.8) is 0 Å². The number of carboxylic acid groups (broad SMARTS) is 1. The van der Waals surface area contributed by atoms with Crippen LogP contribution < -0.4 is 5.32 Å². The van der Waals surface area contributed by atoms with Crippen molar-refractivity contribution in [3.8, 4) is 0 Å². The molecule has 0 fully saturated rings. The highest BCUT2D eigenvalue weighted by Gasteiger charge is 2.08. The molecule has 0 aliphatic heterocycles. The van der Waals surface area contributed by atoms with Crippen molar-refractivity contribution < 1.29 is 9.90 Å². The van der Waals surface area contributed by atoms with Crippen LogP contribution in [0.5, 0.6) is 0 Å². The van der Waals surface area contributed by atoms with Gasteiger partial charge in [0, 0.05) is 5.69 Å². The summed E-state index contributed by atoms with van der Waals surface area (Å²) in [7, 11) is 0. The van der Waals surface area contributed by atoms with E-state index in [1.54, 1.807) is 18.2 Å². The van der Waals surface area contributed by atoms with E-state index in [1.807, 2.05) is 36.4 Å². The lowest BCUT2D eigenvalue weighted by Gasteiger charge is -2.10. The van der Waals surface area contributed by atoms with Crippen LogP contribution in [0, 0.1) is 0 Å². The number of aromatic carboxylic acids is 1. The van der Waals surface area contributed by atoms with Gasteiger partial charge in [-0.2, -0.15) is 0 Å². The standard InChI is InChI=1S/C23H21Cl2NO2/c24-20-14-11-17(15-21(20)25)6-2-1-5-16-9-12-18(13-10-16)26-22-8-4-3-7-19(22)23(27)28/h3-4,7-15,26H,1-2,5-6H2,(H,27,28). The molecule has 2 N–H and O–H groups in total. The van der Waals surface area contributed by atoms with Gasteiger partial charge in [-0.25, -0.2) is 4.79 Å². The minimum absolute atomic E-state index is 0.258. The topological polar surface area (TPSA) is 49.3 Å². The van der Waals surface area contributed by atoms with Crippen LogP contribution in [-0.2, 0) is 12.8 Å². The van der Waals surface area contributed by atoms with Gasteiger partial charge in [0.2, 0.25) is 0 Å². The molecule has 0 aromatic heterocycles. The van der Waals surface area contributed by atoms with E-state index in [0.29, 0.717) is 15.7 Å². The van der Waals surface area contributed by atoms with E-state index in [1.165, 1.54) is 11.1 Å². The molecule has 0 heterocycles. The van der Waals surface area contributed by atoms with Gasteiger partial charge in [0.25, 0.3) is 0 Å². The molecule has 144 valence electrons. The van der Waals surface area contributed by atoms with Crippen molar-refractivity contribution in [2.24, 2.45) is 0 Å². The van der Waals surface area contributed by atoms with E-state index in [-0.39, 0.29) is 5.56 Å². The molecule has 0 aliphatic carbocycles. The molecule has 28 heavy (non-hydrogen) atoms. The number of benzene rings is 3. The summed E-state index contributed by atoms with van der Waals surface area (Å²) in [6, 6.07) is 20.8. The second-order valence-electron chi connectivity index (χ2n) is 6.63. The molecule has 0 spiro atoms. The summed E-state index contributed by atoms with van der Waals surface area (Å²) in [6.07, 6.45) is 4.12. The number of halogens is 2. The highest BCUT2D eigenvalue weighted by molar-refractivity contribution is 6.42. The third-order valence-corrected chi connectivity index (χ3v) is 5.29. The number of anilines is 2. The number of unbranched alkanes of at least 4 members (excludes halogenated alkanes) is 1. The third-order valence-electron chi connectivity index (χ3n) is 4.56. The Morgan fingerprint density at radius 2 is 1.46 bits per heavy atom. The summed E-state index contributed by atoms with van der Waals surface area (Å²) in [5, 5.41) is 13.6. The summed E-state index contributed by atoms with van der Waals surface area (Å²) in [6.45, 7) is 0. The fourth-order valence-corrected chi connectivity index (χ4v) is 3.36. The van der Waals surface area contributed by atoms with Crippen LogP contribution in [0.4, 0.5) is 11.4 Å². The highest BCUT2D eigenvalue weighted by atomic mass is 35.5. The molecule has 0 bridgehead atoms. The van der Waals surface area contributed by atoms with Gasteiger partial charge in [0.1, 0.15) is 0 Å². The first-order valence-electron chi connectivity index (χ1n) is 9.15. The van der Waals surface area contributed by atoms with Gasteiger partial charge in [-0.3, -0.25) is 0 Å². The first kappa shape index (κ1) is 20.2. The average molecular weight is 414 g/mol. The Morgan fingerprint density at radius 3 is 2.14 bits per heavy atom. The van der Waals surface area contributed by atoms with Crippen molar-refractivity contribution in [2.75, 3.05) is 5.32 Å². The minimum Gasteiger partial charge on any atom is -0.478 e. The van der Waals surface area contributed by atoms with Crippen LogP contribution in [-0.4, -0.2) is 11.1 Å². The Kier molecular flexibility index (Phi) is 6.96. The summed E-state index contributed by atoms with van der Waals surface area (Å²) in [4.78, 5) is 11.3. The molecule has 3 rings (SSSR count). The van der Waals surface area contributed by atoms with Gasteiger partial charge in [-0.15, -0.1) is 0 Å². The second-order valence-corrected chi connectivity index (χ2v) is 7.44. The minimum atomic E-state index is -0.943. The fraction of sp³-hybridized carbons (Fsp3) is 0.174. The Morgan fingerprint density at radius 1 is 0.821 bits per heavy atom. The van der Waals surface area contributed by atoms with Crippen molar-refractivity contribution in [3.05, 3.63) is 93.5 Å². The normalized spacial score (nSPS) is 10.6. The Balaban J connectivity index is 1.51. The Bertz CT molecular complexity index is 955. The van der Waals surface area contributed by atoms with Crippen molar-refractivity contribution in [1.82, 2.24) is 0 Å². The molecule has 0 saturated carbocycles. The Labute approximate surface area is 174 Å². The maximum Gasteiger partial charge on any atom is 0.337 e. The van der Waals surface area contributed by atoms with Crippen LogP contribution in [0.1, 0.15) is 34.3 Å². The van der Waals surface area contributed by atoms with Crippen LogP contribution in [0.25, 0.3) is 0 Å². The van der Waals surface area contributed by atoms with Gasteiger partial charge in [-0.05, 0) is 73.2 Å². The van der Waals surface area contributed by atoms with Gasteiger partial charge in [0.05, 0.1) is 21.3 Å². The SMILES string of the molecule is O=C(O)c1ccccc1Nc1ccc(CCCCc2ccc(Cl)c(Cl)c2)cc1. The van der Waals surface area contributed by atoms with Crippen LogP contribution in [0.3, 0.4) is 0 Å². The average Bonchev–Trinajstić information content (AvgIpc) is 2.69. The molecule has 0 atom stereocenters. The Hall–Kier alpha value is -2.49. The molecule has 0 aliphatic rings. The van der Waals surface area contributed by atoms with E-state index in [0.717, 1.165) is 31.4 Å². The molecule has 3 nitrogen and oxygen atoms in total. The number of hydrogen-bond donors (Lipinski definition) is 2. The number of rotatable bonds is 8. The van der Waals surface area contributed by atoms with Crippen molar-refractivity contribution in [2.45, 2.75) is 25.7 Å². The molecule has 3 aromatic carbocycles. The number of carbonyl (C=O) groups is 1. The van der Waals surface area contributed by atoms with E-state index in [9.17, 15) is 9.90 Å². The van der Waals surface area contributed by atoms with E-state index in [4.69, 9.17) is 23.2 Å². The number of nitrogens with one attached hydrogen (secondary N) is 1. The zero-order chi connectivity index (χ0) is 19.9. The largest absolute Gasteiger partial charge is 0.478 e. The number of para-hydroxylation sites is 1. The summed E-state index contributed by atoms with van der Waals surface area (Å²) >= 11 is 12.0. The molecule has 0 radical (unpaired) electrons. The summed E-state index contributed by atoms with van der Waals surface area (Å²) < 4.78 is 0. The molecular formula is C23H21Cl2NO2. The first-order chi connectivity index (χ1) is 13.5. The smallest absolute Gasteiger partial charge is 0.337 e. The lowest BCUT2D eigenvalue weighted by atomic mass is 10.0. The molecule has 0 unspecified atom stereocenters. The molecule has 0 amide bonds. The molecule has 0 saturated heterocycles. The quantitative estimate of drug-likeness (QED) is 0.390. The number of hydrogen-bond acceptors (Lipinski definition) is 2. The van der Waals surface area contributed by atoms with Crippen LogP contribution in [0.2, 0.25) is 10.0 Å². The zero-order valence-corrected chi connectivity index (χ0v) is 16.8. The second kappa shape index (κ2) is 9.63.